The van der Waals surface area contributed by atoms with Crippen LogP contribution in [0.1, 0.15) is 38.3 Å². The maximum atomic E-state index is 12.7. The quantitative estimate of drug-likeness (QED) is 0.358. The lowest BCUT2D eigenvalue weighted by molar-refractivity contribution is -0.0461. The summed E-state index contributed by atoms with van der Waals surface area (Å²) in [6, 6.07) is 11.3. The molecule has 2 aromatic heterocycles. The SMILES string of the molecule is COc1ccc(CNc2nc3c(OC)cccc3c3nc([C@H]4CN(C(=O)OC(C)(C)C)CCO4)nn23)c(OC)c1. The molecule has 5 rings (SSSR count). The second-order valence-electron chi connectivity index (χ2n) is 10.3. The van der Waals surface area contributed by atoms with E-state index in [1.54, 1.807) is 30.7 Å². The molecule has 1 saturated heterocycles. The molecule has 12 nitrogen and oxygen atoms in total. The number of para-hydroxylation sites is 1. The minimum atomic E-state index is -0.594. The van der Waals surface area contributed by atoms with Crippen molar-refractivity contribution in [3.05, 3.63) is 47.8 Å². The molecule has 0 spiro atoms. The monoisotopic (exact) mass is 550 g/mol. The fourth-order valence-corrected chi connectivity index (χ4v) is 4.51. The molecule has 1 aliphatic heterocycles. The number of rotatable bonds is 7. The molecule has 0 bridgehead atoms. The number of hydrogen-bond donors (Lipinski definition) is 1. The van der Waals surface area contributed by atoms with Crippen molar-refractivity contribution in [3.8, 4) is 17.2 Å². The van der Waals surface area contributed by atoms with Crippen LogP contribution >= 0.6 is 0 Å². The minimum Gasteiger partial charge on any atom is -0.497 e. The van der Waals surface area contributed by atoms with Gasteiger partial charge in [-0.05, 0) is 45.0 Å². The minimum absolute atomic E-state index is 0.270. The molecule has 0 radical (unpaired) electrons. The van der Waals surface area contributed by atoms with Crippen molar-refractivity contribution in [1.29, 1.82) is 0 Å². The van der Waals surface area contributed by atoms with E-state index in [1.807, 2.05) is 57.2 Å². The van der Waals surface area contributed by atoms with Gasteiger partial charge in [0, 0.05) is 30.1 Å². The lowest BCUT2D eigenvalue weighted by atomic mass is 10.2. The fourth-order valence-electron chi connectivity index (χ4n) is 4.51. The highest BCUT2D eigenvalue weighted by atomic mass is 16.6. The van der Waals surface area contributed by atoms with Crippen LogP contribution in [0.4, 0.5) is 10.7 Å². The van der Waals surface area contributed by atoms with Gasteiger partial charge in [0.2, 0.25) is 5.95 Å². The van der Waals surface area contributed by atoms with E-state index in [1.165, 1.54) is 0 Å². The van der Waals surface area contributed by atoms with E-state index in [-0.39, 0.29) is 6.54 Å². The van der Waals surface area contributed by atoms with Gasteiger partial charge in [0.25, 0.3) is 0 Å². The first-order valence-electron chi connectivity index (χ1n) is 13.0. The van der Waals surface area contributed by atoms with E-state index in [0.29, 0.717) is 59.9 Å². The summed E-state index contributed by atoms with van der Waals surface area (Å²) in [6.45, 7) is 6.97. The summed E-state index contributed by atoms with van der Waals surface area (Å²) in [5, 5.41) is 8.92. The van der Waals surface area contributed by atoms with Gasteiger partial charge in [0.1, 0.15) is 34.5 Å². The molecular formula is C28H34N6O6. The Kier molecular flexibility index (Phi) is 7.53. The summed E-state index contributed by atoms with van der Waals surface area (Å²) in [5.74, 6) is 2.89. The van der Waals surface area contributed by atoms with Crippen LogP contribution in [0.25, 0.3) is 16.6 Å². The third kappa shape index (κ3) is 5.53. The van der Waals surface area contributed by atoms with Gasteiger partial charge < -0.3 is 33.9 Å². The number of nitrogens with one attached hydrogen (secondary N) is 1. The van der Waals surface area contributed by atoms with Crippen molar-refractivity contribution in [2.45, 2.75) is 39.0 Å². The van der Waals surface area contributed by atoms with Crippen LogP contribution in [0.3, 0.4) is 0 Å². The molecule has 40 heavy (non-hydrogen) atoms. The largest absolute Gasteiger partial charge is 0.497 e. The smallest absolute Gasteiger partial charge is 0.410 e. The molecule has 1 fully saturated rings. The second-order valence-corrected chi connectivity index (χ2v) is 10.3. The Morgan fingerprint density at radius 3 is 2.60 bits per heavy atom. The standard InChI is InChI=1S/C28H34N6O6/c1-28(2,3)40-27(35)33-12-13-39-22(16-33)24-31-25-19-8-7-9-20(37-5)23(19)30-26(34(25)32-24)29-15-17-10-11-18(36-4)14-21(17)38-6/h7-11,14,22H,12-13,15-16H2,1-6H3,(H,29,30)/t22-/m1/s1. The van der Waals surface area contributed by atoms with Gasteiger partial charge >= 0.3 is 6.09 Å². The summed E-state index contributed by atoms with van der Waals surface area (Å²) in [6.07, 6.45) is -0.923. The molecule has 12 heteroatoms. The van der Waals surface area contributed by atoms with Crippen LogP contribution in [0, 0.1) is 0 Å². The van der Waals surface area contributed by atoms with Gasteiger partial charge in [-0.3, -0.25) is 0 Å². The zero-order chi connectivity index (χ0) is 28.4. The number of carbonyl (C=O) groups excluding carboxylic acids is 1. The Balaban J connectivity index is 1.51. The van der Waals surface area contributed by atoms with Gasteiger partial charge in [-0.1, -0.05) is 6.07 Å². The summed E-state index contributed by atoms with van der Waals surface area (Å²) in [4.78, 5) is 24.1. The lowest BCUT2D eigenvalue weighted by Crippen LogP contribution is -2.44. The summed E-state index contributed by atoms with van der Waals surface area (Å²) in [7, 11) is 4.83. The zero-order valence-electron chi connectivity index (χ0n) is 23.6. The molecule has 1 aliphatic rings. The lowest BCUT2D eigenvalue weighted by Gasteiger charge is -2.33. The highest BCUT2D eigenvalue weighted by molar-refractivity contribution is 5.96. The third-order valence-corrected chi connectivity index (χ3v) is 6.44. The van der Waals surface area contributed by atoms with Crippen LogP contribution in [0.5, 0.6) is 17.2 Å². The van der Waals surface area contributed by atoms with E-state index in [4.69, 9.17) is 38.8 Å². The molecule has 3 heterocycles. The molecule has 1 atom stereocenters. The summed E-state index contributed by atoms with van der Waals surface area (Å²) < 4.78 is 29.7. The van der Waals surface area contributed by atoms with Gasteiger partial charge in [0.05, 0.1) is 34.5 Å². The topological polar surface area (TPSA) is 122 Å². The molecule has 1 amide bonds. The van der Waals surface area contributed by atoms with Gasteiger partial charge in [-0.25, -0.2) is 14.8 Å². The average molecular weight is 551 g/mol. The van der Waals surface area contributed by atoms with E-state index >= 15 is 0 Å². The van der Waals surface area contributed by atoms with E-state index in [9.17, 15) is 4.79 Å². The number of morpholine rings is 1. The predicted molar refractivity (Wildman–Crippen MR) is 148 cm³/mol. The molecule has 4 aromatic rings. The highest BCUT2D eigenvalue weighted by Crippen LogP contribution is 2.31. The molecule has 0 unspecified atom stereocenters. The Morgan fingerprint density at radius 1 is 1.07 bits per heavy atom. The summed E-state index contributed by atoms with van der Waals surface area (Å²) in [5.41, 5.74) is 1.53. The first-order valence-corrected chi connectivity index (χ1v) is 13.0. The number of nitrogens with zero attached hydrogens (tertiary/aromatic N) is 5. The number of carbonyl (C=O) groups is 1. The number of hydrogen-bond acceptors (Lipinski definition) is 10. The van der Waals surface area contributed by atoms with Crippen LogP contribution in [0.15, 0.2) is 36.4 Å². The average Bonchev–Trinajstić information content (AvgIpc) is 3.41. The maximum Gasteiger partial charge on any atom is 0.410 e. The van der Waals surface area contributed by atoms with Crippen LogP contribution < -0.4 is 19.5 Å². The fraction of sp³-hybridized carbons (Fsp3) is 0.429. The highest BCUT2D eigenvalue weighted by Gasteiger charge is 2.31. The number of methoxy groups -OCH3 is 3. The van der Waals surface area contributed by atoms with Crippen molar-refractivity contribution < 1.29 is 28.5 Å². The van der Waals surface area contributed by atoms with Gasteiger partial charge in [-0.2, -0.15) is 4.52 Å². The molecule has 212 valence electrons. The maximum absolute atomic E-state index is 12.7. The molecule has 0 saturated carbocycles. The Hall–Kier alpha value is -4.32. The van der Waals surface area contributed by atoms with Crippen LogP contribution in [-0.4, -0.2) is 77.2 Å². The van der Waals surface area contributed by atoms with E-state index in [0.717, 1.165) is 10.9 Å². The van der Waals surface area contributed by atoms with Gasteiger partial charge in [-0.15, -0.1) is 5.10 Å². The second kappa shape index (κ2) is 11.0. The zero-order valence-corrected chi connectivity index (χ0v) is 23.6. The molecular weight excluding hydrogens is 516 g/mol. The molecule has 0 aliphatic carbocycles. The van der Waals surface area contributed by atoms with E-state index < -0.39 is 17.8 Å². The number of fused-ring (bicyclic) bond motifs is 3. The van der Waals surface area contributed by atoms with Crippen LogP contribution in [-0.2, 0) is 16.0 Å². The van der Waals surface area contributed by atoms with Crippen molar-refractivity contribution in [2.75, 3.05) is 46.3 Å². The van der Waals surface area contributed by atoms with Crippen molar-refractivity contribution in [3.63, 3.8) is 0 Å². The van der Waals surface area contributed by atoms with Crippen molar-refractivity contribution in [1.82, 2.24) is 24.5 Å². The first kappa shape index (κ1) is 27.3. The molecule has 1 N–H and O–H groups in total. The Labute approximate surface area is 232 Å². The predicted octanol–water partition coefficient (Wildman–Crippen LogP) is 4.22. The number of amides is 1. The number of benzene rings is 2. The van der Waals surface area contributed by atoms with Crippen LogP contribution in [0.2, 0.25) is 0 Å². The third-order valence-electron chi connectivity index (χ3n) is 6.44. The Bertz CT molecular complexity index is 1530. The van der Waals surface area contributed by atoms with E-state index in [2.05, 4.69) is 5.32 Å². The van der Waals surface area contributed by atoms with Gasteiger partial charge in [0.15, 0.2) is 11.5 Å². The Morgan fingerprint density at radius 2 is 1.88 bits per heavy atom. The number of anilines is 1. The normalized spacial score (nSPS) is 15.8. The van der Waals surface area contributed by atoms with Crippen molar-refractivity contribution in [2.24, 2.45) is 0 Å². The number of aromatic nitrogens is 4. The first-order chi connectivity index (χ1) is 19.2. The summed E-state index contributed by atoms with van der Waals surface area (Å²) >= 11 is 0. The number of ether oxygens (including phenoxy) is 5. The molecule has 2 aromatic carbocycles. The van der Waals surface area contributed by atoms with Crippen molar-refractivity contribution >= 4 is 28.6 Å².